The van der Waals surface area contributed by atoms with Crippen LogP contribution in [-0.4, -0.2) is 81.7 Å². The van der Waals surface area contributed by atoms with Crippen LogP contribution in [0, 0.1) is 6.92 Å². The fourth-order valence-electron chi connectivity index (χ4n) is 2.65. The molecular formula is C19H30BrN5O2. The Morgan fingerprint density at radius 3 is 2.70 bits per heavy atom. The van der Waals surface area contributed by atoms with Gasteiger partial charge in [-0.2, -0.15) is 0 Å². The smallest absolute Gasteiger partial charge is 0.241 e. The third kappa shape index (κ3) is 7.86. The van der Waals surface area contributed by atoms with E-state index in [0.29, 0.717) is 12.5 Å². The van der Waals surface area contributed by atoms with Crippen LogP contribution in [0.5, 0.6) is 0 Å². The molecule has 7 nitrogen and oxygen atoms in total. The third-order valence-electron chi connectivity index (χ3n) is 4.44. The highest BCUT2D eigenvalue weighted by atomic mass is 79.9. The molecule has 1 aliphatic rings. The van der Waals surface area contributed by atoms with Gasteiger partial charge in [0.2, 0.25) is 5.91 Å². The van der Waals surface area contributed by atoms with Gasteiger partial charge in [0.25, 0.3) is 0 Å². The van der Waals surface area contributed by atoms with E-state index in [4.69, 9.17) is 4.74 Å². The maximum absolute atomic E-state index is 11.9. The third-order valence-corrected chi connectivity index (χ3v) is 4.94. The quantitative estimate of drug-likeness (QED) is 0.493. The molecule has 27 heavy (non-hydrogen) atoms. The number of carbonyl (C=O) groups is 1. The summed E-state index contributed by atoms with van der Waals surface area (Å²) in [6.07, 6.45) is 0. The number of carbonyl (C=O) groups excluding carboxylic acids is 1. The standard InChI is InChI=1S/C19H30BrN5O2/c1-15-12-17(20)5-4-16(15)13-22-19(23-14-18(26)24(2)3)21-6-7-25-8-10-27-11-9-25/h4-5,12H,6-11,13-14H2,1-3H3,(H2,21,22,23). The lowest BCUT2D eigenvalue weighted by atomic mass is 10.1. The molecule has 2 N–H and O–H groups in total. The average Bonchev–Trinajstić information content (AvgIpc) is 2.65. The van der Waals surface area contributed by atoms with Crippen LogP contribution in [0.15, 0.2) is 27.7 Å². The van der Waals surface area contributed by atoms with E-state index in [2.05, 4.69) is 55.5 Å². The maximum atomic E-state index is 11.9. The molecule has 1 fully saturated rings. The molecule has 8 heteroatoms. The van der Waals surface area contributed by atoms with Gasteiger partial charge in [-0.1, -0.05) is 22.0 Å². The Morgan fingerprint density at radius 1 is 1.30 bits per heavy atom. The number of morpholine rings is 1. The lowest BCUT2D eigenvalue weighted by molar-refractivity contribution is -0.127. The first kappa shape index (κ1) is 21.7. The van der Waals surface area contributed by atoms with Crippen LogP contribution in [0.4, 0.5) is 0 Å². The molecular weight excluding hydrogens is 410 g/mol. The van der Waals surface area contributed by atoms with Crippen LogP contribution in [0.1, 0.15) is 11.1 Å². The van der Waals surface area contributed by atoms with Crippen molar-refractivity contribution < 1.29 is 9.53 Å². The topological polar surface area (TPSA) is 69.2 Å². The molecule has 0 atom stereocenters. The normalized spacial score (nSPS) is 15.5. The van der Waals surface area contributed by atoms with Gasteiger partial charge in [-0.3, -0.25) is 9.69 Å². The van der Waals surface area contributed by atoms with Crippen LogP contribution < -0.4 is 10.6 Å². The van der Waals surface area contributed by atoms with Gasteiger partial charge in [0.1, 0.15) is 0 Å². The number of benzene rings is 1. The maximum Gasteiger partial charge on any atom is 0.241 e. The zero-order valence-corrected chi connectivity index (χ0v) is 18.0. The van der Waals surface area contributed by atoms with Crippen molar-refractivity contribution in [2.45, 2.75) is 13.5 Å². The Morgan fingerprint density at radius 2 is 2.04 bits per heavy atom. The number of nitrogens with one attached hydrogen (secondary N) is 2. The number of aliphatic imine (C=N–C) groups is 1. The second-order valence-electron chi connectivity index (χ2n) is 6.76. The fraction of sp³-hybridized carbons (Fsp3) is 0.579. The van der Waals surface area contributed by atoms with E-state index in [9.17, 15) is 4.79 Å². The summed E-state index contributed by atoms with van der Waals surface area (Å²) in [6.45, 7) is 8.03. The number of hydrogen-bond donors (Lipinski definition) is 2. The number of halogens is 1. The predicted octanol–water partition coefficient (Wildman–Crippen LogP) is 1.21. The molecule has 0 radical (unpaired) electrons. The number of aryl methyl sites for hydroxylation is 1. The highest BCUT2D eigenvalue weighted by Gasteiger charge is 2.11. The SMILES string of the molecule is Cc1cc(Br)ccc1CN=C(NCCN1CCOCC1)NCC(=O)N(C)C. The van der Waals surface area contributed by atoms with E-state index in [-0.39, 0.29) is 12.5 Å². The Bertz CT molecular complexity index is 645. The number of rotatable bonds is 7. The minimum absolute atomic E-state index is 0.0116. The van der Waals surface area contributed by atoms with Gasteiger partial charge in [-0.25, -0.2) is 4.99 Å². The molecule has 1 saturated heterocycles. The minimum atomic E-state index is 0.0116. The van der Waals surface area contributed by atoms with Gasteiger partial charge in [-0.05, 0) is 30.2 Å². The summed E-state index contributed by atoms with van der Waals surface area (Å²) < 4.78 is 6.44. The van der Waals surface area contributed by atoms with E-state index in [0.717, 1.165) is 49.4 Å². The van der Waals surface area contributed by atoms with Crippen molar-refractivity contribution in [2.24, 2.45) is 4.99 Å². The van der Waals surface area contributed by atoms with Gasteiger partial charge in [0, 0.05) is 44.7 Å². The van der Waals surface area contributed by atoms with Crippen molar-refractivity contribution in [3.63, 3.8) is 0 Å². The lowest BCUT2D eigenvalue weighted by Crippen LogP contribution is -2.46. The summed E-state index contributed by atoms with van der Waals surface area (Å²) in [5.74, 6) is 0.665. The molecule has 1 aliphatic heterocycles. The van der Waals surface area contributed by atoms with Gasteiger partial charge in [0.05, 0.1) is 26.3 Å². The number of guanidine groups is 1. The number of nitrogens with zero attached hydrogens (tertiary/aromatic N) is 3. The molecule has 0 aliphatic carbocycles. The van der Waals surface area contributed by atoms with Crippen molar-refractivity contribution in [1.29, 1.82) is 0 Å². The van der Waals surface area contributed by atoms with Crippen molar-refractivity contribution in [2.75, 3.05) is 60.0 Å². The monoisotopic (exact) mass is 439 g/mol. The van der Waals surface area contributed by atoms with Crippen molar-refractivity contribution in [1.82, 2.24) is 20.4 Å². The fourth-order valence-corrected chi connectivity index (χ4v) is 3.13. The zero-order chi connectivity index (χ0) is 19.6. The first-order valence-corrected chi connectivity index (χ1v) is 10.0. The largest absolute Gasteiger partial charge is 0.379 e. The molecule has 0 saturated carbocycles. The summed E-state index contributed by atoms with van der Waals surface area (Å²) >= 11 is 3.49. The Kier molecular flexibility index (Phi) is 9.03. The first-order valence-electron chi connectivity index (χ1n) is 9.23. The number of likely N-dealkylation sites (N-methyl/N-ethyl adjacent to an activating group) is 1. The van der Waals surface area contributed by atoms with E-state index in [1.807, 2.05) is 6.07 Å². The van der Waals surface area contributed by atoms with Crippen molar-refractivity contribution >= 4 is 27.8 Å². The number of ether oxygens (including phenoxy) is 1. The van der Waals surface area contributed by atoms with Crippen LogP contribution >= 0.6 is 15.9 Å². The van der Waals surface area contributed by atoms with E-state index >= 15 is 0 Å². The number of hydrogen-bond acceptors (Lipinski definition) is 4. The second-order valence-corrected chi connectivity index (χ2v) is 7.67. The molecule has 150 valence electrons. The molecule has 0 bridgehead atoms. The Labute approximate surface area is 170 Å². The molecule has 1 heterocycles. The molecule has 1 aromatic rings. The highest BCUT2D eigenvalue weighted by molar-refractivity contribution is 9.10. The summed E-state index contributed by atoms with van der Waals surface area (Å²) in [6, 6.07) is 6.17. The van der Waals surface area contributed by atoms with Crippen molar-refractivity contribution in [3.05, 3.63) is 33.8 Å². The van der Waals surface area contributed by atoms with Crippen LogP contribution in [0.25, 0.3) is 0 Å². The zero-order valence-electron chi connectivity index (χ0n) is 16.4. The molecule has 0 spiro atoms. The van der Waals surface area contributed by atoms with Crippen LogP contribution in [0.3, 0.4) is 0 Å². The molecule has 1 amide bonds. The van der Waals surface area contributed by atoms with Crippen molar-refractivity contribution in [3.8, 4) is 0 Å². The molecule has 0 aromatic heterocycles. The summed E-state index contributed by atoms with van der Waals surface area (Å²) in [4.78, 5) is 20.5. The Balaban J connectivity index is 1.93. The summed E-state index contributed by atoms with van der Waals surface area (Å²) in [5.41, 5.74) is 2.34. The van der Waals surface area contributed by atoms with E-state index in [1.165, 1.54) is 5.56 Å². The second kappa shape index (κ2) is 11.3. The van der Waals surface area contributed by atoms with Gasteiger partial charge >= 0.3 is 0 Å². The minimum Gasteiger partial charge on any atom is -0.379 e. The van der Waals surface area contributed by atoms with Crippen LogP contribution in [-0.2, 0) is 16.1 Å². The average molecular weight is 440 g/mol. The molecule has 0 unspecified atom stereocenters. The number of amides is 1. The van der Waals surface area contributed by atoms with Gasteiger partial charge in [-0.15, -0.1) is 0 Å². The van der Waals surface area contributed by atoms with Gasteiger partial charge < -0.3 is 20.3 Å². The predicted molar refractivity (Wildman–Crippen MR) is 112 cm³/mol. The summed E-state index contributed by atoms with van der Waals surface area (Å²) in [5, 5.41) is 6.47. The lowest BCUT2D eigenvalue weighted by Gasteiger charge is -2.26. The van der Waals surface area contributed by atoms with Gasteiger partial charge in [0.15, 0.2) is 5.96 Å². The van der Waals surface area contributed by atoms with E-state index in [1.54, 1.807) is 19.0 Å². The highest BCUT2D eigenvalue weighted by Crippen LogP contribution is 2.16. The Hall–Kier alpha value is -1.64. The van der Waals surface area contributed by atoms with E-state index < -0.39 is 0 Å². The first-order chi connectivity index (χ1) is 13.0. The molecule has 2 rings (SSSR count). The molecule has 1 aromatic carbocycles. The van der Waals surface area contributed by atoms with Crippen LogP contribution in [0.2, 0.25) is 0 Å². The summed E-state index contributed by atoms with van der Waals surface area (Å²) in [7, 11) is 3.50.